The predicted molar refractivity (Wildman–Crippen MR) is 64.4 cm³/mol. The van der Waals surface area contributed by atoms with Crippen LogP contribution in [0.1, 0.15) is 6.42 Å². The summed E-state index contributed by atoms with van der Waals surface area (Å²) in [7, 11) is -3.23. The molecule has 2 amide bonds. The second kappa shape index (κ2) is 5.20. The number of nitrogens with one attached hydrogen (secondary N) is 1. The molecule has 110 valence electrons. The summed E-state index contributed by atoms with van der Waals surface area (Å²) < 4.78 is 48.5. The van der Waals surface area contributed by atoms with E-state index in [-0.39, 0.29) is 32.2 Å². The summed E-state index contributed by atoms with van der Waals surface area (Å²) >= 11 is 0. The molecule has 2 fully saturated rings. The molecule has 1 saturated carbocycles. The number of carbonyl (C=O) groups excluding carboxylic acids is 1. The molecule has 0 radical (unpaired) electrons. The Morgan fingerprint density at radius 2 is 1.84 bits per heavy atom. The van der Waals surface area contributed by atoms with Crippen LogP contribution in [0.3, 0.4) is 0 Å². The Balaban J connectivity index is 1.77. The van der Waals surface area contributed by atoms with Gasteiger partial charge < -0.3 is 10.2 Å². The van der Waals surface area contributed by atoms with Crippen molar-refractivity contribution in [1.29, 1.82) is 0 Å². The zero-order valence-corrected chi connectivity index (χ0v) is 11.4. The Labute approximate surface area is 110 Å². The third-order valence-electron chi connectivity index (χ3n) is 3.47. The molecule has 0 aromatic rings. The first kappa shape index (κ1) is 14.4. The Bertz CT molecular complexity index is 449. The number of sulfonamides is 1. The molecular formula is C10H17F2N3O3S. The van der Waals surface area contributed by atoms with E-state index in [0.29, 0.717) is 6.42 Å². The van der Waals surface area contributed by atoms with Crippen molar-refractivity contribution in [3.05, 3.63) is 0 Å². The summed E-state index contributed by atoms with van der Waals surface area (Å²) in [6.45, 7) is 1.06. The molecule has 0 bridgehead atoms. The quantitative estimate of drug-likeness (QED) is 0.792. The van der Waals surface area contributed by atoms with Crippen molar-refractivity contribution in [2.75, 3.05) is 32.4 Å². The fourth-order valence-corrected chi connectivity index (χ4v) is 2.96. The van der Waals surface area contributed by atoms with E-state index in [0.717, 1.165) is 6.26 Å². The van der Waals surface area contributed by atoms with Crippen molar-refractivity contribution < 1.29 is 22.0 Å². The van der Waals surface area contributed by atoms with Gasteiger partial charge in [0.15, 0.2) is 0 Å². The molecule has 1 saturated heterocycles. The van der Waals surface area contributed by atoms with E-state index in [1.54, 1.807) is 0 Å². The normalized spacial score (nSPS) is 28.5. The maximum Gasteiger partial charge on any atom is 0.317 e. The largest absolute Gasteiger partial charge is 0.335 e. The SMILES string of the molecule is CS(=O)(=O)N1CCN(C(=O)N[C@H]2C[C@@H]2C(F)F)CC1. The molecule has 6 nitrogen and oxygen atoms in total. The first-order valence-corrected chi connectivity index (χ1v) is 7.92. The molecule has 1 aliphatic carbocycles. The van der Waals surface area contributed by atoms with Gasteiger partial charge in [-0.05, 0) is 6.42 Å². The van der Waals surface area contributed by atoms with Crippen LogP contribution in [-0.4, -0.2) is 68.6 Å². The maximum atomic E-state index is 12.3. The minimum Gasteiger partial charge on any atom is -0.335 e. The number of halogens is 2. The third kappa shape index (κ3) is 3.53. The van der Waals surface area contributed by atoms with Crippen molar-refractivity contribution in [3.63, 3.8) is 0 Å². The number of hydrogen-bond donors (Lipinski definition) is 1. The molecule has 19 heavy (non-hydrogen) atoms. The van der Waals surface area contributed by atoms with Crippen molar-refractivity contribution in [3.8, 4) is 0 Å². The molecule has 2 rings (SSSR count). The monoisotopic (exact) mass is 297 g/mol. The van der Waals surface area contributed by atoms with Gasteiger partial charge >= 0.3 is 6.03 Å². The van der Waals surface area contributed by atoms with Gasteiger partial charge in [-0.1, -0.05) is 0 Å². The van der Waals surface area contributed by atoms with Crippen molar-refractivity contribution >= 4 is 16.1 Å². The van der Waals surface area contributed by atoms with Crippen LogP contribution in [0.15, 0.2) is 0 Å². The van der Waals surface area contributed by atoms with E-state index < -0.39 is 28.4 Å². The fourth-order valence-electron chi connectivity index (χ4n) is 2.13. The zero-order valence-electron chi connectivity index (χ0n) is 10.6. The minimum absolute atomic E-state index is 0.245. The first-order valence-electron chi connectivity index (χ1n) is 6.08. The molecule has 0 spiro atoms. The van der Waals surface area contributed by atoms with E-state index in [1.165, 1.54) is 9.21 Å². The molecule has 1 N–H and O–H groups in total. The van der Waals surface area contributed by atoms with Crippen LogP contribution in [0.4, 0.5) is 13.6 Å². The van der Waals surface area contributed by atoms with Gasteiger partial charge in [0.05, 0.1) is 6.26 Å². The van der Waals surface area contributed by atoms with Crippen molar-refractivity contribution in [2.24, 2.45) is 5.92 Å². The van der Waals surface area contributed by atoms with Crippen LogP contribution in [0.25, 0.3) is 0 Å². The van der Waals surface area contributed by atoms with Gasteiger partial charge in [-0.15, -0.1) is 0 Å². The molecule has 2 atom stereocenters. The number of urea groups is 1. The van der Waals surface area contributed by atoms with Gasteiger partial charge in [-0.2, -0.15) is 4.31 Å². The smallest absolute Gasteiger partial charge is 0.317 e. The molecule has 1 heterocycles. The predicted octanol–water partition coefficient (Wildman–Crippen LogP) is -0.0732. The van der Waals surface area contributed by atoms with Crippen LogP contribution in [0, 0.1) is 5.92 Å². The van der Waals surface area contributed by atoms with E-state index in [4.69, 9.17) is 0 Å². The number of carbonyl (C=O) groups is 1. The summed E-state index contributed by atoms with van der Waals surface area (Å²) in [6.07, 6.45) is -0.959. The number of rotatable bonds is 3. The molecule has 0 aromatic heterocycles. The average molecular weight is 297 g/mol. The summed E-state index contributed by atoms with van der Waals surface area (Å²) in [4.78, 5) is 13.2. The fraction of sp³-hybridized carbons (Fsp3) is 0.900. The van der Waals surface area contributed by atoms with Gasteiger partial charge in [0.2, 0.25) is 16.4 Å². The minimum atomic E-state index is -3.23. The lowest BCUT2D eigenvalue weighted by atomic mass is 10.4. The topological polar surface area (TPSA) is 69.7 Å². The molecule has 9 heteroatoms. The van der Waals surface area contributed by atoms with Crippen LogP contribution in [-0.2, 0) is 10.0 Å². The zero-order chi connectivity index (χ0) is 14.2. The number of nitrogens with zero attached hydrogens (tertiary/aromatic N) is 2. The second-order valence-electron chi connectivity index (χ2n) is 4.94. The number of piperazine rings is 1. The standard InChI is InChI=1S/C10H17F2N3O3S/c1-19(17,18)15-4-2-14(3-5-15)10(16)13-8-6-7(8)9(11)12/h7-9H,2-6H2,1H3,(H,13,16)/t7-,8-/m0/s1. The average Bonchev–Trinajstić information content (AvgIpc) is 3.07. The summed E-state index contributed by atoms with van der Waals surface area (Å²) in [5.74, 6) is -0.735. The number of amides is 2. The van der Waals surface area contributed by atoms with Crippen LogP contribution < -0.4 is 5.32 Å². The van der Waals surface area contributed by atoms with Gasteiger partial charge in [0, 0.05) is 38.1 Å². The third-order valence-corrected chi connectivity index (χ3v) is 4.77. The summed E-state index contributed by atoms with van der Waals surface area (Å²) in [6, 6.07) is -0.832. The second-order valence-corrected chi connectivity index (χ2v) is 6.92. The number of alkyl halides is 2. The summed E-state index contributed by atoms with van der Waals surface area (Å²) in [5.41, 5.74) is 0. The van der Waals surface area contributed by atoms with E-state index in [9.17, 15) is 22.0 Å². The Morgan fingerprint density at radius 3 is 2.26 bits per heavy atom. The van der Waals surface area contributed by atoms with Crippen LogP contribution in [0.5, 0.6) is 0 Å². The highest BCUT2D eigenvalue weighted by Crippen LogP contribution is 2.36. The lowest BCUT2D eigenvalue weighted by Crippen LogP contribution is -2.53. The highest BCUT2D eigenvalue weighted by atomic mass is 32.2. The molecule has 0 aromatic carbocycles. The number of hydrogen-bond acceptors (Lipinski definition) is 3. The van der Waals surface area contributed by atoms with Gasteiger partial charge in [0.25, 0.3) is 0 Å². The first-order chi connectivity index (χ1) is 8.79. The Kier molecular flexibility index (Phi) is 3.95. The highest BCUT2D eigenvalue weighted by Gasteiger charge is 2.45. The van der Waals surface area contributed by atoms with Crippen molar-refractivity contribution in [2.45, 2.75) is 18.9 Å². The van der Waals surface area contributed by atoms with Crippen LogP contribution in [0.2, 0.25) is 0 Å². The molecule has 2 aliphatic rings. The van der Waals surface area contributed by atoms with Gasteiger partial charge in [-0.25, -0.2) is 22.0 Å². The highest BCUT2D eigenvalue weighted by molar-refractivity contribution is 7.88. The van der Waals surface area contributed by atoms with E-state index in [1.807, 2.05) is 0 Å². The van der Waals surface area contributed by atoms with Gasteiger partial charge in [-0.3, -0.25) is 0 Å². The summed E-state index contributed by atoms with van der Waals surface area (Å²) in [5, 5.41) is 2.55. The Morgan fingerprint density at radius 1 is 1.26 bits per heavy atom. The lowest BCUT2D eigenvalue weighted by Gasteiger charge is -2.33. The van der Waals surface area contributed by atoms with Gasteiger partial charge in [0.1, 0.15) is 0 Å². The Hall–Kier alpha value is -0.960. The lowest BCUT2D eigenvalue weighted by molar-refractivity contribution is 0.117. The maximum absolute atomic E-state index is 12.3. The molecule has 0 unspecified atom stereocenters. The molecular weight excluding hydrogens is 280 g/mol. The van der Waals surface area contributed by atoms with Crippen LogP contribution >= 0.6 is 0 Å². The van der Waals surface area contributed by atoms with Crippen molar-refractivity contribution in [1.82, 2.24) is 14.5 Å². The van der Waals surface area contributed by atoms with E-state index in [2.05, 4.69) is 5.32 Å². The van der Waals surface area contributed by atoms with E-state index >= 15 is 0 Å². The molecule has 1 aliphatic heterocycles.